The van der Waals surface area contributed by atoms with Crippen LogP contribution in [0, 0.1) is 0 Å². The lowest BCUT2D eigenvalue weighted by atomic mass is 9.85. The number of nitrogens with zero attached hydrogens (tertiary/aromatic N) is 2. The van der Waals surface area contributed by atoms with Gasteiger partial charge in [0.15, 0.2) is 0 Å². The van der Waals surface area contributed by atoms with Crippen molar-refractivity contribution in [1.29, 1.82) is 0 Å². The molecule has 0 saturated carbocycles. The van der Waals surface area contributed by atoms with Crippen molar-refractivity contribution in [2.75, 3.05) is 53.0 Å². The number of carbonyl (C=O) groups is 1. The van der Waals surface area contributed by atoms with Crippen LogP contribution in [0.15, 0.2) is 6.07 Å². The maximum Gasteiger partial charge on any atom is 0.264 e. The average molecular weight is 381 g/mol. The maximum atomic E-state index is 13.1. The molecule has 6 heteroatoms. The number of methoxy groups -OCH3 is 1. The number of hydrogen-bond donors (Lipinski definition) is 0. The number of amides is 1. The normalized spacial score (nSPS) is 19.5. The van der Waals surface area contributed by atoms with Gasteiger partial charge in [-0.25, -0.2) is 0 Å². The number of fused-ring (bicyclic) bond motifs is 2. The Morgan fingerprint density at radius 1 is 1.35 bits per heavy atom. The predicted molar refractivity (Wildman–Crippen MR) is 105 cm³/mol. The highest BCUT2D eigenvalue weighted by atomic mass is 32.1. The van der Waals surface area contributed by atoms with E-state index in [1.165, 1.54) is 10.4 Å². The molecule has 3 heterocycles. The molecule has 0 aliphatic carbocycles. The first-order valence-corrected chi connectivity index (χ1v) is 10.7. The standard InChI is InChI=1S/C20H32N2O3S/c1-4-9-22(12-14-24-3)19(23)17-15-16-6-13-25-20(18(16)26-17)7-10-21(5-2)11-8-20/h15H,4-14H2,1-3H3. The quantitative estimate of drug-likeness (QED) is 0.729. The zero-order valence-corrected chi connectivity index (χ0v) is 17.2. The van der Waals surface area contributed by atoms with E-state index in [1.807, 2.05) is 4.90 Å². The lowest BCUT2D eigenvalue weighted by Gasteiger charge is -2.43. The summed E-state index contributed by atoms with van der Waals surface area (Å²) in [5.41, 5.74) is 1.17. The van der Waals surface area contributed by atoms with Crippen molar-refractivity contribution in [2.24, 2.45) is 0 Å². The van der Waals surface area contributed by atoms with Crippen LogP contribution in [0.25, 0.3) is 0 Å². The van der Waals surface area contributed by atoms with Gasteiger partial charge in [-0.1, -0.05) is 13.8 Å². The lowest BCUT2D eigenvalue weighted by molar-refractivity contribution is -0.0944. The first-order valence-electron chi connectivity index (χ1n) is 9.91. The van der Waals surface area contributed by atoms with Crippen molar-refractivity contribution >= 4 is 17.2 Å². The summed E-state index contributed by atoms with van der Waals surface area (Å²) < 4.78 is 11.5. The fraction of sp³-hybridized carbons (Fsp3) is 0.750. The molecule has 1 aromatic rings. The number of piperidine rings is 1. The highest BCUT2D eigenvalue weighted by molar-refractivity contribution is 7.14. The summed E-state index contributed by atoms with van der Waals surface area (Å²) >= 11 is 1.67. The second-order valence-corrected chi connectivity index (χ2v) is 8.33. The minimum Gasteiger partial charge on any atom is -0.383 e. The van der Waals surface area contributed by atoms with Gasteiger partial charge in [-0.3, -0.25) is 4.79 Å². The van der Waals surface area contributed by atoms with Gasteiger partial charge >= 0.3 is 0 Å². The summed E-state index contributed by atoms with van der Waals surface area (Å²) in [5.74, 6) is 0.143. The van der Waals surface area contributed by atoms with Crippen LogP contribution in [0.4, 0.5) is 0 Å². The molecule has 0 N–H and O–H groups in total. The molecule has 0 bridgehead atoms. The van der Waals surface area contributed by atoms with Gasteiger partial charge in [0.1, 0.15) is 5.60 Å². The Labute approximate surface area is 161 Å². The van der Waals surface area contributed by atoms with Crippen molar-refractivity contribution in [2.45, 2.75) is 45.1 Å². The van der Waals surface area contributed by atoms with Gasteiger partial charge in [-0.05, 0) is 43.9 Å². The molecule has 1 spiro atoms. The first kappa shape index (κ1) is 19.8. The largest absolute Gasteiger partial charge is 0.383 e. The third-order valence-electron chi connectivity index (χ3n) is 5.64. The second kappa shape index (κ2) is 8.83. The van der Waals surface area contributed by atoms with E-state index in [-0.39, 0.29) is 11.5 Å². The van der Waals surface area contributed by atoms with Crippen LogP contribution in [0.2, 0.25) is 0 Å². The second-order valence-electron chi connectivity index (χ2n) is 7.28. The number of ether oxygens (including phenoxy) is 2. The molecule has 2 aliphatic heterocycles. The molecule has 3 rings (SSSR count). The molecule has 26 heavy (non-hydrogen) atoms. The van der Waals surface area contributed by atoms with Crippen LogP contribution in [0.5, 0.6) is 0 Å². The zero-order chi connectivity index (χ0) is 18.6. The van der Waals surface area contributed by atoms with Gasteiger partial charge in [0.05, 0.1) is 18.1 Å². The number of carbonyl (C=O) groups excluding carboxylic acids is 1. The fourth-order valence-corrected chi connectivity index (χ4v) is 5.45. The summed E-state index contributed by atoms with van der Waals surface area (Å²) in [6, 6.07) is 2.13. The predicted octanol–water partition coefficient (Wildman–Crippen LogP) is 3.13. The third-order valence-corrected chi connectivity index (χ3v) is 6.99. The minimum absolute atomic E-state index is 0.143. The molecule has 0 aromatic carbocycles. The topological polar surface area (TPSA) is 42.0 Å². The van der Waals surface area contributed by atoms with E-state index >= 15 is 0 Å². The molecule has 0 atom stereocenters. The monoisotopic (exact) mass is 380 g/mol. The van der Waals surface area contributed by atoms with E-state index in [0.717, 1.165) is 63.3 Å². The molecule has 2 aliphatic rings. The van der Waals surface area contributed by atoms with Gasteiger partial charge in [0.2, 0.25) is 0 Å². The molecule has 0 unspecified atom stereocenters. The van der Waals surface area contributed by atoms with Gasteiger partial charge in [-0.15, -0.1) is 11.3 Å². The lowest BCUT2D eigenvalue weighted by Crippen LogP contribution is -2.45. The highest BCUT2D eigenvalue weighted by Crippen LogP contribution is 2.45. The average Bonchev–Trinajstić information content (AvgIpc) is 3.11. The molecular formula is C20H32N2O3S. The first-order chi connectivity index (χ1) is 12.6. The summed E-state index contributed by atoms with van der Waals surface area (Å²) in [6.07, 6.45) is 3.94. The van der Waals surface area contributed by atoms with Crippen molar-refractivity contribution in [3.8, 4) is 0 Å². The van der Waals surface area contributed by atoms with Crippen LogP contribution >= 0.6 is 11.3 Å². The van der Waals surface area contributed by atoms with Gasteiger partial charge in [0.25, 0.3) is 5.91 Å². The molecule has 1 aromatic heterocycles. The van der Waals surface area contributed by atoms with Crippen molar-refractivity contribution in [3.63, 3.8) is 0 Å². The van der Waals surface area contributed by atoms with Gasteiger partial charge < -0.3 is 19.3 Å². The number of thiophene rings is 1. The number of hydrogen-bond acceptors (Lipinski definition) is 5. The highest BCUT2D eigenvalue weighted by Gasteiger charge is 2.42. The zero-order valence-electron chi connectivity index (χ0n) is 16.4. The SMILES string of the molecule is CCCN(CCOC)C(=O)c1cc2c(s1)C1(CCN(CC)CC1)OCC2. The fourth-order valence-electron chi connectivity index (χ4n) is 4.07. The van der Waals surface area contributed by atoms with Crippen LogP contribution in [-0.4, -0.2) is 68.8 Å². The van der Waals surface area contributed by atoms with Crippen LogP contribution in [0.3, 0.4) is 0 Å². The van der Waals surface area contributed by atoms with Crippen molar-refractivity contribution in [3.05, 3.63) is 21.4 Å². The Morgan fingerprint density at radius 3 is 2.77 bits per heavy atom. The molecule has 1 fully saturated rings. The maximum absolute atomic E-state index is 13.1. The summed E-state index contributed by atoms with van der Waals surface area (Å²) in [4.78, 5) is 19.6. The van der Waals surface area contributed by atoms with Crippen LogP contribution < -0.4 is 0 Å². The van der Waals surface area contributed by atoms with E-state index in [4.69, 9.17) is 9.47 Å². The van der Waals surface area contributed by atoms with Crippen molar-refractivity contribution in [1.82, 2.24) is 9.80 Å². The molecule has 0 radical (unpaired) electrons. The summed E-state index contributed by atoms with van der Waals surface area (Å²) in [6.45, 7) is 10.4. The van der Waals surface area contributed by atoms with E-state index in [2.05, 4.69) is 24.8 Å². The van der Waals surface area contributed by atoms with Crippen LogP contribution in [0.1, 0.15) is 53.2 Å². The van der Waals surface area contributed by atoms with Crippen molar-refractivity contribution < 1.29 is 14.3 Å². The van der Waals surface area contributed by atoms with Crippen LogP contribution in [-0.2, 0) is 21.5 Å². The van der Waals surface area contributed by atoms with E-state index in [1.54, 1.807) is 18.4 Å². The molecular weight excluding hydrogens is 348 g/mol. The Hall–Kier alpha value is -0.950. The van der Waals surface area contributed by atoms with E-state index in [0.29, 0.717) is 13.2 Å². The Bertz CT molecular complexity index is 608. The molecule has 146 valence electrons. The minimum atomic E-state index is -0.162. The Morgan fingerprint density at radius 2 is 2.12 bits per heavy atom. The Kier molecular flexibility index (Phi) is 6.72. The Balaban J connectivity index is 1.81. The smallest absolute Gasteiger partial charge is 0.264 e. The van der Waals surface area contributed by atoms with E-state index in [9.17, 15) is 4.79 Å². The number of rotatable bonds is 7. The molecule has 1 amide bonds. The third kappa shape index (κ3) is 3.98. The van der Waals surface area contributed by atoms with E-state index < -0.39 is 0 Å². The molecule has 5 nitrogen and oxygen atoms in total. The summed E-state index contributed by atoms with van der Waals surface area (Å²) in [5, 5.41) is 0. The van der Waals surface area contributed by atoms with Gasteiger partial charge in [-0.2, -0.15) is 0 Å². The summed E-state index contributed by atoms with van der Waals surface area (Å²) in [7, 11) is 1.68. The molecule has 1 saturated heterocycles. The van der Waals surface area contributed by atoms with Gasteiger partial charge in [0, 0.05) is 38.2 Å². The number of likely N-dealkylation sites (tertiary alicyclic amines) is 1.